The van der Waals surface area contributed by atoms with Crippen LogP contribution in [0, 0.1) is 0 Å². The highest BCUT2D eigenvalue weighted by atomic mass is 16.5. The first-order chi connectivity index (χ1) is 5.42. The van der Waals surface area contributed by atoms with Gasteiger partial charge in [-0.25, -0.2) is 4.40 Å². The summed E-state index contributed by atoms with van der Waals surface area (Å²) in [7, 11) is 1.58. The smallest absolute Gasteiger partial charge is 0.219 e. The number of fused-ring (bicyclic) bond motifs is 1. The van der Waals surface area contributed by atoms with Crippen LogP contribution >= 0.6 is 0 Å². The Labute approximate surface area is 62.7 Å². The molecule has 0 bridgehead atoms. The van der Waals surface area contributed by atoms with E-state index in [4.69, 9.17) is 4.74 Å². The van der Waals surface area contributed by atoms with E-state index in [2.05, 4.69) is 15.2 Å². The number of rotatable bonds is 1. The van der Waals surface area contributed by atoms with Crippen molar-refractivity contribution in [2.75, 3.05) is 7.11 Å². The Morgan fingerprint density at radius 1 is 1.45 bits per heavy atom. The molecule has 0 saturated heterocycles. The molecule has 11 heavy (non-hydrogen) atoms. The van der Waals surface area contributed by atoms with Gasteiger partial charge in [0.05, 0.1) is 19.5 Å². The molecule has 0 aliphatic carbocycles. The van der Waals surface area contributed by atoms with Crippen molar-refractivity contribution in [2.45, 2.75) is 0 Å². The van der Waals surface area contributed by atoms with Crippen LogP contribution in [-0.4, -0.2) is 26.7 Å². The summed E-state index contributed by atoms with van der Waals surface area (Å²) in [6.07, 6.45) is 4.81. The normalized spacial score (nSPS) is 10.3. The monoisotopic (exact) mass is 150 g/mol. The molecule has 0 aromatic carbocycles. The van der Waals surface area contributed by atoms with E-state index in [1.807, 2.05) is 0 Å². The molecule has 2 aromatic heterocycles. The molecular formula is C6H6N4O. The molecule has 2 aromatic rings. The number of nitrogens with zero attached hydrogens (tertiary/aromatic N) is 4. The maximum Gasteiger partial charge on any atom is 0.219 e. The van der Waals surface area contributed by atoms with E-state index in [9.17, 15) is 0 Å². The van der Waals surface area contributed by atoms with Crippen LogP contribution in [-0.2, 0) is 0 Å². The molecule has 2 rings (SSSR count). The molecule has 0 aliphatic heterocycles. The third kappa shape index (κ3) is 0.813. The van der Waals surface area contributed by atoms with Crippen molar-refractivity contribution in [1.29, 1.82) is 0 Å². The van der Waals surface area contributed by atoms with Crippen molar-refractivity contribution in [3.8, 4) is 5.88 Å². The Morgan fingerprint density at radius 3 is 3.18 bits per heavy atom. The molecule has 0 atom stereocenters. The largest absolute Gasteiger partial charge is 0.481 e. The quantitative estimate of drug-likeness (QED) is 0.580. The van der Waals surface area contributed by atoms with E-state index in [1.54, 1.807) is 30.2 Å². The van der Waals surface area contributed by atoms with Gasteiger partial charge in [0.25, 0.3) is 0 Å². The molecule has 5 heteroatoms. The molecule has 0 aliphatic rings. The Balaban J connectivity index is 2.79. The van der Waals surface area contributed by atoms with Crippen LogP contribution in [0.4, 0.5) is 0 Å². The molecule has 2 heterocycles. The lowest BCUT2D eigenvalue weighted by Gasteiger charge is -1.99. The predicted molar refractivity (Wildman–Crippen MR) is 37.3 cm³/mol. The topological polar surface area (TPSA) is 52.3 Å². The molecule has 0 unspecified atom stereocenters. The van der Waals surface area contributed by atoms with Crippen molar-refractivity contribution >= 4 is 5.65 Å². The number of ether oxygens (including phenoxy) is 1. The van der Waals surface area contributed by atoms with Gasteiger partial charge in [-0.05, 0) is 0 Å². The Kier molecular flexibility index (Phi) is 1.21. The maximum atomic E-state index is 5.01. The summed E-state index contributed by atoms with van der Waals surface area (Å²) in [6, 6.07) is 0. The zero-order chi connectivity index (χ0) is 7.68. The van der Waals surface area contributed by atoms with Gasteiger partial charge in [-0.3, -0.25) is 4.98 Å². The zero-order valence-corrected chi connectivity index (χ0v) is 5.93. The first kappa shape index (κ1) is 6.09. The maximum absolute atomic E-state index is 5.01. The van der Waals surface area contributed by atoms with Crippen LogP contribution in [0.1, 0.15) is 0 Å². The summed E-state index contributed by atoms with van der Waals surface area (Å²) < 4.78 is 6.72. The van der Waals surface area contributed by atoms with E-state index in [0.29, 0.717) is 11.5 Å². The molecule has 0 saturated carbocycles. The lowest BCUT2D eigenvalue weighted by Crippen LogP contribution is -1.93. The van der Waals surface area contributed by atoms with Gasteiger partial charge in [0.2, 0.25) is 5.88 Å². The van der Waals surface area contributed by atoms with Crippen LogP contribution < -0.4 is 4.74 Å². The molecule has 0 N–H and O–H groups in total. The minimum Gasteiger partial charge on any atom is -0.481 e. The van der Waals surface area contributed by atoms with Gasteiger partial charge >= 0.3 is 0 Å². The minimum atomic E-state index is 0.632. The molecule has 0 amide bonds. The van der Waals surface area contributed by atoms with Gasteiger partial charge in [0.1, 0.15) is 6.33 Å². The average Bonchev–Trinajstić information content (AvgIpc) is 2.50. The molecule has 0 radical (unpaired) electrons. The Hall–Kier alpha value is -1.65. The van der Waals surface area contributed by atoms with Crippen molar-refractivity contribution < 1.29 is 4.74 Å². The molecule has 56 valence electrons. The fourth-order valence-corrected chi connectivity index (χ4v) is 0.883. The van der Waals surface area contributed by atoms with Crippen LogP contribution in [0.3, 0.4) is 0 Å². The second-order valence-corrected chi connectivity index (χ2v) is 2.01. The lowest BCUT2D eigenvalue weighted by molar-refractivity contribution is 0.390. The predicted octanol–water partition coefficient (Wildman–Crippen LogP) is 0.133. The Morgan fingerprint density at radius 2 is 2.36 bits per heavy atom. The van der Waals surface area contributed by atoms with Gasteiger partial charge in [0.15, 0.2) is 5.65 Å². The fourth-order valence-electron chi connectivity index (χ4n) is 0.883. The van der Waals surface area contributed by atoms with Crippen molar-refractivity contribution in [3.05, 3.63) is 18.7 Å². The number of methoxy groups -OCH3 is 1. The van der Waals surface area contributed by atoms with Crippen molar-refractivity contribution in [2.24, 2.45) is 0 Å². The van der Waals surface area contributed by atoms with Gasteiger partial charge in [-0.15, -0.1) is 10.2 Å². The first-order valence-corrected chi connectivity index (χ1v) is 3.09. The molecular weight excluding hydrogens is 144 g/mol. The van der Waals surface area contributed by atoms with E-state index in [-0.39, 0.29) is 0 Å². The van der Waals surface area contributed by atoms with E-state index in [0.717, 1.165) is 0 Å². The Bertz CT molecular complexity index is 369. The summed E-state index contributed by atoms with van der Waals surface area (Å²) in [6.45, 7) is 0. The van der Waals surface area contributed by atoms with E-state index in [1.165, 1.54) is 0 Å². The molecule has 0 spiro atoms. The minimum absolute atomic E-state index is 0.632. The van der Waals surface area contributed by atoms with Crippen LogP contribution in [0.5, 0.6) is 5.88 Å². The second-order valence-electron chi connectivity index (χ2n) is 2.01. The van der Waals surface area contributed by atoms with Gasteiger partial charge in [0, 0.05) is 0 Å². The first-order valence-electron chi connectivity index (χ1n) is 3.09. The summed E-state index contributed by atoms with van der Waals surface area (Å²) in [5.41, 5.74) is 0.685. The third-order valence-electron chi connectivity index (χ3n) is 1.40. The fraction of sp³-hybridized carbons (Fsp3) is 0.167. The molecule has 5 nitrogen and oxygen atoms in total. The summed E-state index contributed by atoms with van der Waals surface area (Å²) >= 11 is 0. The van der Waals surface area contributed by atoms with E-state index >= 15 is 0 Å². The SMILES string of the molecule is COc1cncc2nncn12. The summed E-state index contributed by atoms with van der Waals surface area (Å²) in [5, 5.41) is 7.50. The van der Waals surface area contributed by atoms with Gasteiger partial charge < -0.3 is 4.74 Å². The summed E-state index contributed by atoms with van der Waals surface area (Å²) in [4.78, 5) is 3.91. The highest BCUT2D eigenvalue weighted by Crippen LogP contribution is 2.08. The van der Waals surface area contributed by atoms with Crippen molar-refractivity contribution in [1.82, 2.24) is 19.6 Å². The standard InChI is InChI=1S/C6H6N4O/c1-11-6-3-7-2-5-9-8-4-10(5)6/h2-4H,1H3. The van der Waals surface area contributed by atoms with E-state index < -0.39 is 0 Å². The van der Waals surface area contributed by atoms with Crippen molar-refractivity contribution in [3.63, 3.8) is 0 Å². The lowest BCUT2D eigenvalue weighted by atomic mass is 10.6. The summed E-state index contributed by atoms with van der Waals surface area (Å²) in [5.74, 6) is 0.632. The molecule has 0 fully saturated rings. The second kappa shape index (κ2) is 2.19. The average molecular weight is 150 g/mol. The van der Waals surface area contributed by atoms with Gasteiger partial charge in [-0.1, -0.05) is 0 Å². The highest BCUT2D eigenvalue weighted by Gasteiger charge is 1.99. The highest BCUT2D eigenvalue weighted by molar-refractivity contribution is 5.35. The zero-order valence-electron chi connectivity index (χ0n) is 5.93. The van der Waals surface area contributed by atoms with Crippen LogP contribution in [0.15, 0.2) is 18.7 Å². The number of aromatic nitrogens is 4. The van der Waals surface area contributed by atoms with Crippen LogP contribution in [0.2, 0.25) is 0 Å². The van der Waals surface area contributed by atoms with Crippen LogP contribution in [0.25, 0.3) is 5.65 Å². The number of hydrogen-bond donors (Lipinski definition) is 0. The number of hydrogen-bond acceptors (Lipinski definition) is 4. The van der Waals surface area contributed by atoms with Gasteiger partial charge in [-0.2, -0.15) is 0 Å². The third-order valence-corrected chi connectivity index (χ3v) is 1.40.